The van der Waals surface area contributed by atoms with Gasteiger partial charge in [-0.3, -0.25) is 0 Å². The second-order valence-electron chi connectivity index (χ2n) is 2.76. The number of fused-ring (bicyclic) bond motifs is 1. The number of carboxylic acid groups (broad SMARTS) is 1. The fraction of sp³-hybridized carbons (Fsp3) is 0.375. The first-order chi connectivity index (χ1) is 6.20. The molecule has 0 amide bonds. The molecule has 1 aromatic rings. The van der Waals surface area contributed by atoms with Gasteiger partial charge in [-0.05, 0) is 0 Å². The first-order valence-corrected chi connectivity index (χ1v) is 5.00. The maximum absolute atomic E-state index is 10.8. The summed E-state index contributed by atoms with van der Waals surface area (Å²) in [6.07, 6.45) is 0.771. The summed E-state index contributed by atoms with van der Waals surface area (Å²) in [5.41, 5.74) is 0.982. The first-order valence-electron chi connectivity index (χ1n) is 3.81. The molecule has 0 spiro atoms. The third kappa shape index (κ3) is 1.45. The number of hydrogen-bond donors (Lipinski definition) is 1. The van der Waals surface area contributed by atoms with Gasteiger partial charge in [0.25, 0.3) is 0 Å². The number of thiophene rings is 1. The van der Waals surface area contributed by atoms with Gasteiger partial charge in [-0.2, -0.15) is 0 Å². The molecule has 70 valence electrons. The zero-order chi connectivity index (χ0) is 9.42. The Kier molecular flexibility index (Phi) is 2.27. The van der Waals surface area contributed by atoms with Crippen LogP contribution in [0.15, 0.2) is 0 Å². The zero-order valence-electron chi connectivity index (χ0n) is 6.67. The molecule has 0 unspecified atom stereocenters. The van der Waals surface area contributed by atoms with Crippen LogP contribution in [-0.4, -0.2) is 17.7 Å². The Morgan fingerprint density at radius 1 is 1.62 bits per heavy atom. The Bertz CT molecular complexity index is 359. The molecule has 1 N–H and O–H groups in total. The van der Waals surface area contributed by atoms with Crippen molar-refractivity contribution in [3.63, 3.8) is 0 Å². The second kappa shape index (κ2) is 3.29. The highest BCUT2D eigenvalue weighted by Crippen LogP contribution is 2.35. The molecule has 0 aliphatic carbocycles. The van der Waals surface area contributed by atoms with E-state index in [0.29, 0.717) is 17.6 Å². The van der Waals surface area contributed by atoms with Gasteiger partial charge < -0.3 is 9.84 Å². The molecule has 3 nitrogen and oxygen atoms in total. The van der Waals surface area contributed by atoms with Crippen LogP contribution in [-0.2, 0) is 17.8 Å². The molecule has 1 aliphatic heterocycles. The molecule has 0 bridgehead atoms. The summed E-state index contributed by atoms with van der Waals surface area (Å²) in [7, 11) is 0. The maximum Gasteiger partial charge on any atom is 0.338 e. The topological polar surface area (TPSA) is 46.5 Å². The molecule has 0 radical (unpaired) electrons. The Balaban J connectivity index is 2.54. The third-order valence-corrected chi connectivity index (χ3v) is 3.48. The summed E-state index contributed by atoms with van der Waals surface area (Å²) < 4.78 is 5.55. The van der Waals surface area contributed by atoms with E-state index < -0.39 is 5.97 Å². The van der Waals surface area contributed by atoms with Crippen molar-refractivity contribution >= 4 is 28.9 Å². The van der Waals surface area contributed by atoms with Crippen LogP contribution >= 0.6 is 22.9 Å². The van der Waals surface area contributed by atoms with Crippen LogP contribution in [0.1, 0.15) is 20.8 Å². The van der Waals surface area contributed by atoms with Gasteiger partial charge in [0.1, 0.15) is 4.34 Å². The summed E-state index contributed by atoms with van der Waals surface area (Å²) in [5.74, 6) is -0.965. The predicted molar refractivity (Wildman–Crippen MR) is 49.6 cm³/mol. The van der Waals surface area contributed by atoms with Gasteiger partial charge in [-0.25, -0.2) is 4.79 Å². The van der Waals surface area contributed by atoms with Crippen LogP contribution < -0.4 is 0 Å². The van der Waals surface area contributed by atoms with E-state index in [0.717, 1.165) is 16.9 Å². The number of halogens is 1. The smallest absolute Gasteiger partial charge is 0.338 e. The molecule has 13 heavy (non-hydrogen) atoms. The molecule has 0 atom stereocenters. The normalized spacial score (nSPS) is 15.5. The fourth-order valence-corrected chi connectivity index (χ4v) is 2.86. The van der Waals surface area contributed by atoms with Crippen LogP contribution in [0.25, 0.3) is 0 Å². The van der Waals surface area contributed by atoms with Gasteiger partial charge in [-0.15, -0.1) is 11.3 Å². The molecule has 0 saturated heterocycles. The van der Waals surface area contributed by atoms with Crippen LogP contribution in [0.3, 0.4) is 0 Å². The van der Waals surface area contributed by atoms with Crippen molar-refractivity contribution in [3.8, 4) is 0 Å². The highest BCUT2D eigenvalue weighted by Gasteiger charge is 2.24. The van der Waals surface area contributed by atoms with E-state index in [4.69, 9.17) is 21.4 Å². The van der Waals surface area contributed by atoms with Crippen LogP contribution in [0.5, 0.6) is 0 Å². The number of hydrogen-bond acceptors (Lipinski definition) is 3. The minimum absolute atomic E-state index is 0.223. The molecule has 0 saturated carbocycles. The minimum atomic E-state index is -0.965. The van der Waals surface area contributed by atoms with Crippen LogP contribution in [0.2, 0.25) is 4.34 Å². The van der Waals surface area contributed by atoms with Crippen molar-refractivity contribution in [2.45, 2.75) is 13.0 Å². The summed E-state index contributed by atoms with van der Waals surface area (Å²) >= 11 is 7.16. The Labute approximate surface area is 83.9 Å². The third-order valence-electron chi connectivity index (χ3n) is 1.98. The second-order valence-corrected chi connectivity index (χ2v) is 4.47. The quantitative estimate of drug-likeness (QED) is 0.786. The van der Waals surface area contributed by atoms with Crippen molar-refractivity contribution in [2.24, 2.45) is 0 Å². The monoisotopic (exact) mass is 218 g/mol. The number of ether oxygens (including phenoxy) is 1. The van der Waals surface area contributed by atoms with Crippen LogP contribution in [0.4, 0.5) is 0 Å². The molecule has 0 fully saturated rings. The largest absolute Gasteiger partial charge is 0.478 e. The molecule has 5 heteroatoms. The van der Waals surface area contributed by atoms with Gasteiger partial charge in [-0.1, -0.05) is 11.6 Å². The fourth-order valence-electron chi connectivity index (χ4n) is 1.39. The van der Waals surface area contributed by atoms with E-state index in [1.54, 1.807) is 0 Å². The summed E-state index contributed by atoms with van der Waals surface area (Å²) in [6, 6.07) is 0. The number of carboxylic acids is 1. The standard InChI is InChI=1S/C8H7ClO3S/c9-7-6(8(10)11)4-3-12-2-1-5(4)13-7/h1-3H2,(H,10,11). The Morgan fingerprint density at radius 2 is 2.38 bits per heavy atom. The van der Waals surface area contributed by atoms with Crippen molar-refractivity contribution in [2.75, 3.05) is 6.61 Å². The average molecular weight is 219 g/mol. The molecule has 2 heterocycles. The van der Waals surface area contributed by atoms with E-state index in [2.05, 4.69) is 0 Å². The predicted octanol–water partition coefficient (Wildman–Crippen LogP) is 2.17. The minimum Gasteiger partial charge on any atom is -0.478 e. The summed E-state index contributed by atoms with van der Waals surface area (Å²) in [5, 5.41) is 8.88. The van der Waals surface area contributed by atoms with Gasteiger partial charge in [0, 0.05) is 16.9 Å². The SMILES string of the molecule is O=C(O)c1c(Cl)sc2c1COCC2. The highest BCUT2D eigenvalue weighted by molar-refractivity contribution is 7.16. The Hall–Kier alpha value is -0.580. The lowest BCUT2D eigenvalue weighted by Gasteiger charge is -2.11. The van der Waals surface area contributed by atoms with Crippen molar-refractivity contribution in [1.29, 1.82) is 0 Å². The summed E-state index contributed by atoms with van der Waals surface area (Å²) in [6.45, 7) is 1.03. The van der Waals surface area contributed by atoms with Crippen LogP contribution in [0, 0.1) is 0 Å². The zero-order valence-corrected chi connectivity index (χ0v) is 8.24. The van der Waals surface area contributed by atoms with Gasteiger partial charge in [0.2, 0.25) is 0 Å². The molecule has 1 aromatic heterocycles. The number of aromatic carboxylic acids is 1. The maximum atomic E-state index is 10.8. The summed E-state index contributed by atoms with van der Waals surface area (Å²) in [4.78, 5) is 11.9. The van der Waals surface area contributed by atoms with Crippen molar-refractivity contribution < 1.29 is 14.6 Å². The highest BCUT2D eigenvalue weighted by atomic mass is 35.5. The van der Waals surface area contributed by atoms with Crippen molar-refractivity contribution in [3.05, 3.63) is 20.3 Å². The van der Waals surface area contributed by atoms with Gasteiger partial charge in [0.15, 0.2) is 0 Å². The Morgan fingerprint density at radius 3 is 3.08 bits per heavy atom. The van der Waals surface area contributed by atoms with E-state index in [1.165, 1.54) is 11.3 Å². The van der Waals surface area contributed by atoms with E-state index in [-0.39, 0.29) is 5.56 Å². The number of rotatable bonds is 1. The lowest BCUT2D eigenvalue weighted by molar-refractivity contribution is 0.0684. The van der Waals surface area contributed by atoms with Crippen molar-refractivity contribution in [1.82, 2.24) is 0 Å². The van der Waals surface area contributed by atoms with E-state index >= 15 is 0 Å². The lowest BCUT2D eigenvalue weighted by Crippen LogP contribution is -2.10. The molecular formula is C8H7ClO3S. The molecule has 1 aliphatic rings. The molecular weight excluding hydrogens is 212 g/mol. The first kappa shape index (κ1) is 8.99. The average Bonchev–Trinajstić information content (AvgIpc) is 2.39. The van der Waals surface area contributed by atoms with E-state index in [1.807, 2.05) is 0 Å². The molecule has 2 rings (SSSR count). The van der Waals surface area contributed by atoms with Gasteiger partial charge in [0.05, 0.1) is 18.8 Å². The van der Waals surface area contributed by atoms with E-state index in [9.17, 15) is 4.79 Å². The molecule has 0 aromatic carbocycles. The lowest BCUT2D eigenvalue weighted by atomic mass is 10.1. The van der Waals surface area contributed by atoms with Gasteiger partial charge >= 0.3 is 5.97 Å². The number of carbonyl (C=O) groups is 1.